The molecule has 1 aromatic carbocycles. The zero-order valence-electron chi connectivity index (χ0n) is 11.8. The lowest BCUT2D eigenvalue weighted by Crippen LogP contribution is -2.13. The summed E-state index contributed by atoms with van der Waals surface area (Å²) < 4.78 is 1.93. The zero-order valence-corrected chi connectivity index (χ0v) is 11.8. The molecule has 0 saturated heterocycles. The minimum absolute atomic E-state index is 0.103. The zero-order chi connectivity index (χ0) is 14.1. The molecule has 4 heteroatoms. The Morgan fingerprint density at radius 1 is 1.35 bits per heavy atom. The molecule has 4 nitrogen and oxygen atoms in total. The summed E-state index contributed by atoms with van der Waals surface area (Å²) in [4.78, 5) is 12.2. The Bertz CT molecular complexity index is 626. The summed E-state index contributed by atoms with van der Waals surface area (Å²) in [5.41, 5.74) is 1.85. The fourth-order valence-corrected chi connectivity index (χ4v) is 2.17. The summed E-state index contributed by atoms with van der Waals surface area (Å²) in [6.45, 7) is 4.24. The van der Waals surface area contributed by atoms with Gasteiger partial charge in [0.25, 0.3) is 5.91 Å². The van der Waals surface area contributed by atoms with Gasteiger partial charge in [-0.25, -0.2) is 0 Å². The fraction of sp³-hybridized carbons (Fsp3) is 0.375. The quantitative estimate of drug-likeness (QED) is 0.922. The van der Waals surface area contributed by atoms with E-state index in [0.29, 0.717) is 23.3 Å². The number of rotatable bonds is 4. The number of carbonyl (C=O) groups is 1. The molecule has 0 spiro atoms. The first-order valence-corrected chi connectivity index (χ1v) is 7.10. The summed E-state index contributed by atoms with van der Waals surface area (Å²) in [7, 11) is 0. The van der Waals surface area contributed by atoms with Crippen LogP contribution < -0.4 is 5.32 Å². The Labute approximate surface area is 118 Å². The Morgan fingerprint density at radius 2 is 2.15 bits per heavy atom. The molecule has 0 unspecified atom stereocenters. The number of benzene rings is 1. The van der Waals surface area contributed by atoms with Crippen molar-refractivity contribution < 1.29 is 4.79 Å². The predicted octanol–water partition coefficient (Wildman–Crippen LogP) is 3.59. The van der Waals surface area contributed by atoms with Crippen LogP contribution >= 0.6 is 0 Å². The molecular formula is C16H19N3O. The van der Waals surface area contributed by atoms with Gasteiger partial charge in [-0.05, 0) is 36.5 Å². The van der Waals surface area contributed by atoms with Gasteiger partial charge in [0.2, 0.25) is 0 Å². The molecule has 1 N–H and O–H groups in total. The van der Waals surface area contributed by atoms with Crippen molar-refractivity contribution in [1.82, 2.24) is 9.78 Å². The average Bonchev–Trinajstić information content (AvgIpc) is 3.20. The van der Waals surface area contributed by atoms with E-state index >= 15 is 0 Å². The van der Waals surface area contributed by atoms with Crippen LogP contribution in [0.15, 0.2) is 36.5 Å². The van der Waals surface area contributed by atoms with E-state index in [1.54, 1.807) is 0 Å². The van der Waals surface area contributed by atoms with Crippen LogP contribution in [-0.4, -0.2) is 15.7 Å². The summed E-state index contributed by atoms with van der Waals surface area (Å²) in [6.07, 6.45) is 4.30. The monoisotopic (exact) mass is 269 g/mol. The number of hydrogen-bond acceptors (Lipinski definition) is 2. The molecule has 1 fully saturated rings. The van der Waals surface area contributed by atoms with E-state index in [1.165, 1.54) is 18.4 Å². The van der Waals surface area contributed by atoms with Crippen molar-refractivity contribution in [2.24, 2.45) is 0 Å². The SMILES string of the molecule is CC(C)c1cccc(C(=O)Nc2ccn(C3CC3)n2)c1. The average molecular weight is 269 g/mol. The lowest BCUT2D eigenvalue weighted by Gasteiger charge is -2.07. The van der Waals surface area contributed by atoms with Gasteiger partial charge in [0.15, 0.2) is 5.82 Å². The third kappa shape index (κ3) is 2.74. The van der Waals surface area contributed by atoms with Crippen molar-refractivity contribution in [3.63, 3.8) is 0 Å². The number of amides is 1. The molecule has 0 aliphatic heterocycles. The van der Waals surface area contributed by atoms with Crippen molar-refractivity contribution in [3.05, 3.63) is 47.7 Å². The lowest BCUT2D eigenvalue weighted by atomic mass is 10.0. The standard InChI is InChI=1S/C16H19N3O/c1-11(2)12-4-3-5-13(10-12)16(20)17-15-8-9-19(18-15)14-6-7-14/h3-5,8-11,14H,6-7H2,1-2H3,(H,17,18,20). The maximum Gasteiger partial charge on any atom is 0.256 e. The number of anilines is 1. The normalized spacial score (nSPS) is 14.6. The number of nitrogens with one attached hydrogen (secondary N) is 1. The minimum atomic E-state index is -0.103. The first-order chi connectivity index (χ1) is 9.63. The highest BCUT2D eigenvalue weighted by molar-refractivity contribution is 6.03. The first-order valence-electron chi connectivity index (χ1n) is 7.10. The maximum atomic E-state index is 12.2. The van der Waals surface area contributed by atoms with E-state index in [4.69, 9.17) is 0 Å². The summed E-state index contributed by atoms with van der Waals surface area (Å²) in [5.74, 6) is 0.933. The van der Waals surface area contributed by atoms with Crippen LogP contribution in [0.25, 0.3) is 0 Å². The van der Waals surface area contributed by atoms with Gasteiger partial charge in [0, 0.05) is 17.8 Å². The Balaban J connectivity index is 1.73. The largest absolute Gasteiger partial charge is 0.305 e. The smallest absolute Gasteiger partial charge is 0.256 e. The molecule has 1 aromatic heterocycles. The highest BCUT2D eigenvalue weighted by Gasteiger charge is 2.24. The van der Waals surface area contributed by atoms with E-state index in [2.05, 4.69) is 24.3 Å². The number of nitrogens with zero attached hydrogens (tertiary/aromatic N) is 2. The summed E-state index contributed by atoms with van der Waals surface area (Å²) >= 11 is 0. The number of aromatic nitrogens is 2. The molecule has 104 valence electrons. The Morgan fingerprint density at radius 3 is 2.85 bits per heavy atom. The van der Waals surface area contributed by atoms with E-state index in [1.807, 2.05) is 41.2 Å². The van der Waals surface area contributed by atoms with Gasteiger partial charge in [0.1, 0.15) is 0 Å². The molecule has 20 heavy (non-hydrogen) atoms. The van der Waals surface area contributed by atoms with Gasteiger partial charge in [-0.15, -0.1) is 0 Å². The van der Waals surface area contributed by atoms with E-state index in [-0.39, 0.29) is 5.91 Å². The molecule has 1 aliphatic carbocycles. The van der Waals surface area contributed by atoms with E-state index in [9.17, 15) is 4.79 Å². The Kier molecular flexibility index (Phi) is 3.30. The van der Waals surface area contributed by atoms with Gasteiger partial charge < -0.3 is 5.32 Å². The molecule has 2 aromatic rings. The van der Waals surface area contributed by atoms with Crippen molar-refractivity contribution in [2.45, 2.75) is 38.6 Å². The molecule has 0 atom stereocenters. The van der Waals surface area contributed by atoms with Gasteiger partial charge >= 0.3 is 0 Å². The molecule has 1 saturated carbocycles. The van der Waals surface area contributed by atoms with Crippen molar-refractivity contribution in [3.8, 4) is 0 Å². The van der Waals surface area contributed by atoms with Gasteiger partial charge in [-0.1, -0.05) is 26.0 Å². The summed E-state index contributed by atoms with van der Waals surface area (Å²) in [5, 5.41) is 7.24. The van der Waals surface area contributed by atoms with Gasteiger partial charge in [-0.3, -0.25) is 9.48 Å². The second-order valence-corrected chi connectivity index (χ2v) is 5.65. The lowest BCUT2D eigenvalue weighted by molar-refractivity contribution is 0.102. The number of hydrogen-bond donors (Lipinski definition) is 1. The molecule has 1 heterocycles. The minimum Gasteiger partial charge on any atom is -0.305 e. The molecule has 1 amide bonds. The molecule has 3 rings (SSSR count). The van der Waals surface area contributed by atoms with Crippen LogP contribution in [0.4, 0.5) is 5.82 Å². The first kappa shape index (κ1) is 12.9. The van der Waals surface area contributed by atoms with Crippen LogP contribution in [0.5, 0.6) is 0 Å². The maximum absolute atomic E-state index is 12.2. The molecule has 0 bridgehead atoms. The van der Waals surface area contributed by atoms with Crippen LogP contribution in [0, 0.1) is 0 Å². The highest BCUT2D eigenvalue weighted by atomic mass is 16.1. The van der Waals surface area contributed by atoms with Gasteiger partial charge in [0.05, 0.1) is 6.04 Å². The topological polar surface area (TPSA) is 46.9 Å². The van der Waals surface area contributed by atoms with Crippen LogP contribution in [0.2, 0.25) is 0 Å². The van der Waals surface area contributed by atoms with Crippen LogP contribution in [0.3, 0.4) is 0 Å². The van der Waals surface area contributed by atoms with E-state index in [0.717, 1.165) is 0 Å². The summed E-state index contributed by atoms with van der Waals surface area (Å²) in [6, 6.07) is 10.1. The Hall–Kier alpha value is -2.10. The van der Waals surface area contributed by atoms with E-state index < -0.39 is 0 Å². The van der Waals surface area contributed by atoms with Crippen molar-refractivity contribution in [2.75, 3.05) is 5.32 Å². The fourth-order valence-electron chi connectivity index (χ4n) is 2.17. The second-order valence-electron chi connectivity index (χ2n) is 5.65. The molecule has 0 radical (unpaired) electrons. The van der Waals surface area contributed by atoms with Crippen molar-refractivity contribution >= 4 is 11.7 Å². The van der Waals surface area contributed by atoms with Gasteiger partial charge in [-0.2, -0.15) is 5.10 Å². The van der Waals surface area contributed by atoms with Crippen molar-refractivity contribution in [1.29, 1.82) is 0 Å². The molecular weight excluding hydrogens is 250 g/mol. The predicted molar refractivity (Wildman–Crippen MR) is 79.0 cm³/mol. The number of carbonyl (C=O) groups excluding carboxylic acids is 1. The second kappa shape index (κ2) is 5.12. The third-order valence-electron chi connectivity index (χ3n) is 3.59. The molecule has 1 aliphatic rings. The van der Waals surface area contributed by atoms with Crippen LogP contribution in [0.1, 0.15) is 54.6 Å². The van der Waals surface area contributed by atoms with Crippen LogP contribution in [-0.2, 0) is 0 Å². The third-order valence-corrected chi connectivity index (χ3v) is 3.59. The highest BCUT2D eigenvalue weighted by Crippen LogP contribution is 2.34.